The van der Waals surface area contributed by atoms with Gasteiger partial charge in [-0.1, -0.05) is 5.16 Å². The summed E-state index contributed by atoms with van der Waals surface area (Å²) >= 11 is 0. The molecule has 2 aromatic heterocycles. The molecular weight excluding hydrogens is 362 g/mol. The summed E-state index contributed by atoms with van der Waals surface area (Å²) in [6, 6.07) is 3.07. The Hall–Kier alpha value is -2.78. The van der Waals surface area contributed by atoms with Crippen molar-refractivity contribution in [2.75, 3.05) is 14.2 Å². The van der Waals surface area contributed by atoms with Crippen LogP contribution in [0.25, 0.3) is 0 Å². The van der Waals surface area contributed by atoms with E-state index in [-0.39, 0.29) is 42.6 Å². The van der Waals surface area contributed by atoms with Crippen LogP contribution in [0.5, 0.6) is 11.8 Å². The van der Waals surface area contributed by atoms with Gasteiger partial charge in [-0.2, -0.15) is 9.97 Å². The first-order valence-corrected chi connectivity index (χ1v) is 8.49. The topological polar surface area (TPSA) is 99.4 Å². The van der Waals surface area contributed by atoms with Crippen LogP contribution in [0.3, 0.4) is 0 Å². The standard InChI is InChI=1S/C17H20F2N4O4/c1-25-12-4-3-11(16(22-12)26-2)15(24)20-9-13-21-14(23-27-13)10-5-7-17(18,19)8-6-10/h3-4,10H,5-9H2,1-2H3,(H,20,24). The SMILES string of the molecule is COc1ccc(C(=O)NCc2nc(C3CCC(F)(F)CC3)no2)c(OC)n1. The van der Waals surface area contributed by atoms with Gasteiger partial charge in [0.15, 0.2) is 5.82 Å². The molecule has 1 N–H and O–H groups in total. The highest BCUT2D eigenvalue weighted by atomic mass is 19.3. The van der Waals surface area contributed by atoms with Crippen LogP contribution in [-0.4, -0.2) is 41.2 Å². The van der Waals surface area contributed by atoms with Gasteiger partial charge in [-0.15, -0.1) is 0 Å². The van der Waals surface area contributed by atoms with Crippen LogP contribution in [0, 0.1) is 0 Å². The number of rotatable bonds is 6. The Kier molecular flexibility index (Phi) is 5.52. The maximum absolute atomic E-state index is 13.2. The second-order valence-electron chi connectivity index (χ2n) is 6.27. The van der Waals surface area contributed by atoms with Crippen LogP contribution in [0.1, 0.15) is 53.7 Å². The third-order valence-corrected chi connectivity index (χ3v) is 4.45. The molecule has 0 spiro atoms. The van der Waals surface area contributed by atoms with Gasteiger partial charge < -0.3 is 19.3 Å². The van der Waals surface area contributed by atoms with E-state index in [4.69, 9.17) is 14.0 Å². The highest BCUT2D eigenvalue weighted by Crippen LogP contribution is 2.39. The normalized spacial score (nSPS) is 16.7. The zero-order valence-electron chi connectivity index (χ0n) is 15.0. The third kappa shape index (κ3) is 4.50. The fraction of sp³-hybridized carbons (Fsp3) is 0.529. The minimum absolute atomic E-state index is 0.00387. The van der Waals surface area contributed by atoms with Crippen molar-refractivity contribution in [1.82, 2.24) is 20.4 Å². The van der Waals surface area contributed by atoms with E-state index in [0.717, 1.165) is 0 Å². The molecule has 0 bridgehead atoms. The van der Waals surface area contributed by atoms with Crippen LogP contribution in [-0.2, 0) is 6.54 Å². The number of methoxy groups -OCH3 is 2. The summed E-state index contributed by atoms with van der Waals surface area (Å²) in [5.41, 5.74) is 0.229. The summed E-state index contributed by atoms with van der Waals surface area (Å²) < 4.78 is 41.7. The molecule has 0 radical (unpaired) electrons. The first-order valence-electron chi connectivity index (χ1n) is 8.49. The van der Waals surface area contributed by atoms with Gasteiger partial charge in [-0.25, -0.2) is 8.78 Å². The molecule has 3 rings (SSSR count). The van der Waals surface area contributed by atoms with Gasteiger partial charge in [0.1, 0.15) is 5.56 Å². The van der Waals surface area contributed by atoms with E-state index in [1.54, 1.807) is 6.07 Å². The van der Waals surface area contributed by atoms with Gasteiger partial charge >= 0.3 is 0 Å². The minimum Gasteiger partial charge on any atom is -0.481 e. The molecule has 2 aromatic rings. The second kappa shape index (κ2) is 7.85. The molecule has 0 aromatic carbocycles. The molecule has 2 heterocycles. The largest absolute Gasteiger partial charge is 0.481 e. The molecule has 1 aliphatic rings. The van der Waals surface area contributed by atoms with E-state index in [9.17, 15) is 13.6 Å². The predicted octanol–water partition coefficient (Wildman–Crippen LogP) is 2.70. The molecule has 1 aliphatic carbocycles. The van der Waals surface area contributed by atoms with Crippen LogP contribution in [0.15, 0.2) is 16.7 Å². The number of amides is 1. The fourth-order valence-corrected chi connectivity index (χ4v) is 2.92. The van der Waals surface area contributed by atoms with Crippen molar-refractivity contribution in [2.24, 2.45) is 0 Å². The van der Waals surface area contributed by atoms with Gasteiger partial charge in [0.25, 0.3) is 5.91 Å². The van der Waals surface area contributed by atoms with Crippen molar-refractivity contribution in [2.45, 2.75) is 44.1 Å². The summed E-state index contributed by atoms with van der Waals surface area (Å²) in [5.74, 6) is -2.13. The monoisotopic (exact) mass is 382 g/mol. The quantitative estimate of drug-likeness (QED) is 0.820. The van der Waals surface area contributed by atoms with E-state index < -0.39 is 11.8 Å². The molecule has 1 amide bonds. The Balaban J connectivity index is 1.59. The number of halogens is 2. The van der Waals surface area contributed by atoms with E-state index in [2.05, 4.69) is 20.4 Å². The molecule has 0 atom stereocenters. The molecule has 1 saturated carbocycles. The van der Waals surface area contributed by atoms with Crippen molar-refractivity contribution in [3.63, 3.8) is 0 Å². The van der Waals surface area contributed by atoms with Gasteiger partial charge in [-0.3, -0.25) is 4.79 Å². The summed E-state index contributed by atoms with van der Waals surface area (Å²) in [5, 5.41) is 6.50. The molecule has 1 fully saturated rings. The number of carbonyl (C=O) groups is 1. The third-order valence-electron chi connectivity index (χ3n) is 4.45. The smallest absolute Gasteiger partial charge is 0.257 e. The number of hydrogen-bond donors (Lipinski definition) is 1. The summed E-state index contributed by atoms with van der Waals surface area (Å²) in [7, 11) is 2.86. The average Bonchev–Trinajstić information content (AvgIpc) is 3.14. The van der Waals surface area contributed by atoms with Crippen LogP contribution >= 0.6 is 0 Å². The maximum Gasteiger partial charge on any atom is 0.257 e. The van der Waals surface area contributed by atoms with E-state index in [0.29, 0.717) is 24.5 Å². The Bertz CT molecular complexity index is 802. The lowest BCUT2D eigenvalue weighted by atomic mass is 9.86. The van der Waals surface area contributed by atoms with Crippen molar-refractivity contribution in [3.05, 3.63) is 29.4 Å². The van der Waals surface area contributed by atoms with Gasteiger partial charge in [0.05, 0.1) is 20.8 Å². The number of carbonyl (C=O) groups excluding carboxylic acids is 1. The zero-order chi connectivity index (χ0) is 19.4. The number of aromatic nitrogens is 3. The number of nitrogens with zero attached hydrogens (tertiary/aromatic N) is 3. The number of pyridine rings is 1. The molecular formula is C17H20F2N4O4. The van der Waals surface area contributed by atoms with E-state index in [1.165, 1.54) is 20.3 Å². The highest BCUT2D eigenvalue weighted by molar-refractivity contribution is 5.96. The van der Waals surface area contributed by atoms with E-state index >= 15 is 0 Å². The van der Waals surface area contributed by atoms with E-state index in [1.807, 2.05) is 0 Å². The zero-order valence-corrected chi connectivity index (χ0v) is 15.0. The maximum atomic E-state index is 13.2. The lowest BCUT2D eigenvalue weighted by molar-refractivity contribution is -0.0389. The number of hydrogen-bond acceptors (Lipinski definition) is 7. The molecule has 27 heavy (non-hydrogen) atoms. The lowest BCUT2D eigenvalue weighted by Gasteiger charge is -2.26. The molecule has 146 valence electrons. The minimum atomic E-state index is -2.61. The highest BCUT2D eigenvalue weighted by Gasteiger charge is 2.37. The summed E-state index contributed by atoms with van der Waals surface area (Å²) in [6.45, 7) is 0.00387. The van der Waals surface area contributed by atoms with Crippen molar-refractivity contribution < 1.29 is 27.6 Å². The van der Waals surface area contributed by atoms with Crippen LogP contribution in [0.2, 0.25) is 0 Å². The number of nitrogens with one attached hydrogen (secondary N) is 1. The van der Waals surface area contributed by atoms with Gasteiger partial charge in [0, 0.05) is 24.8 Å². The van der Waals surface area contributed by atoms with Gasteiger partial charge in [0.2, 0.25) is 23.6 Å². The number of alkyl halides is 2. The van der Waals surface area contributed by atoms with Crippen molar-refractivity contribution >= 4 is 5.91 Å². The van der Waals surface area contributed by atoms with Crippen LogP contribution in [0.4, 0.5) is 8.78 Å². The Morgan fingerprint density at radius 3 is 2.67 bits per heavy atom. The molecule has 0 unspecified atom stereocenters. The van der Waals surface area contributed by atoms with Crippen molar-refractivity contribution in [1.29, 1.82) is 0 Å². The Morgan fingerprint density at radius 1 is 1.26 bits per heavy atom. The molecule has 8 nitrogen and oxygen atoms in total. The summed E-state index contributed by atoms with van der Waals surface area (Å²) in [4.78, 5) is 20.6. The fourth-order valence-electron chi connectivity index (χ4n) is 2.92. The predicted molar refractivity (Wildman–Crippen MR) is 89.0 cm³/mol. The molecule has 10 heteroatoms. The van der Waals surface area contributed by atoms with Gasteiger partial charge in [-0.05, 0) is 18.9 Å². The summed E-state index contributed by atoms with van der Waals surface area (Å²) in [6.07, 6.45) is 0.269. The first kappa shape index (κ1) is 19.0. The molecule has 0 saturated heterocycles. The average molecular weight is 382 g/mol. The van der Waals surface area contributed by atoms with Crippen molar-refractivity contribution in [3.8, 4) is 11.8 Å². The van der Waals surface area contributed by atoms with Crippen LogP contribution < -0.4 is 14.8 Å². The number of ether oxygens (including phenoxy) is 2. The Morgan fingerprint density at radius 2 is 2.00 bits per heavy atom. The Labute approximate surface area is 154 Å². The molecule has 0 aliphatic heterocycles. The lowest BCUT2D eigenvalue weighted by Crippen LogP contribution is -2.24. The first-order chi connectivity index (χ1) is 12.9. The second-order valence-corrected chi connectivity index (χ2v) is 6.27.